The van der Waals surface area contributed by atoms with Gasteiger partial charge >= 0.3 is 17.9 Å². The Labute approximate surface area is 501 Å². The molecule has 0 fully saturated rings. The quantitative estimate of drug-likeness (QED) is 0.0261. The van der Waals surface area contributed by atoms with E-state index < -0.39 is 6.10 Å². The number of ether oxygens (including phenoxy) is 3. The average Bonchev–Trinajstić information content (AvgIpc) is 3.46. The molecule has 1 atom stereocenters. The van der Waals surface area contributed by atoms with Crippen molar-refractivity contribution in [1.29, 1.82) is 0 Å². The molecule has 0 aliphatic rings. The highest BCUT2D eigenvalue weighted by Crippen LogP contribution is 2.17. The summed E-state index contributed by atoms with van der Waals surface area (Å²) in [5, 5.41) is 0. The molecule has 0 aromatic carbocycles. The molecule has 0 N–H and O–H groups in total. The fourth-order valence-corrected chi connectivity index (χ4v) is 9.65. The number of unbranched alkanes of at least 4 members (excludes halogenated alkanes) is 33. The first-order valence-corrected chi connectivity index (χ1v) is 34.4. The summed E-state index contributed by atoms with van der Waals surface area (Å²) in [5.41, 5.74) is 0. The summed E-state index contributed by atoms with van der Waals surface area (Å²) in [4.78, 5) is 38.3. The van der Waals surface area contributed by atoms with Crippen LogP contribution < -0.4 is 0 Å². The minimum Gasteiger partial charge on any atom is -0.462 e. The van der Waals surface area contributed by atoms with Crippen LogP contribution in [0.5, 0.6) is 0 Å². The largest absolute Gasteiger partial charge is 0.462 e. The maximum atomic E-state index is 12.9. The van der Waals surface area contributed by atoms with E-state index in [2.05, 4.69) is 124 Å². The molecule has 0 amide bonds. The lowest BCUT2D eigenvalue weighted by Crippen LogP contribution is -2.30. The number of rotatable bonds is 62. The van der Waals surface area contributed by atoms with Gasteiger partial charge in [-0.15, -0.1) is 0 Å². The molecule has 464 valence electrons. The number of allylic oxidation sites excluding steroid dienone is 18. The Morgan fingerprint density at radius 2 is 0.506 bits per heavy atom. The Kier molecular flexibility index (Phi) is 65.2. The molecule has 0 bridgehead atoms. The summed E-state index contributed by atoms with van der Waals surface area (Å²) in [5.74, 6) is -0.979. The maximum Gasteiger partial charge on any atom is 0.306 e. The number of hydrogen-bond acceptors (Lipinski definition) is 6. The van der Waals surface area contributed by atoms with Crippen LogP contribution in [0.1, 0.15) is 329 Å². The van der Waals surface area contributed by atoms with Gasteiger partial charge in [0.05, 0.1) is 0 Å². The Bertz CT molecular complexity index is 1620. The van der Waals surface area contributed by atoms with Gasteiger partial charge in [0.1, 0.15) is 13.2 Å². The van der Waals surface area contributed by atoms with Gasteiger partial charge in [0.15, 0.2) is 6.10 Å². The fraction of sp³-hybridized carbons (Fsp3) is 0.720. The van der Waals surface area contributed by atoms with E-state index in [1.807, 2.05) is 6.08 Å². The molecule has 0 saturated heterocycles. The third-order valence-electron chi connectivity index (χ3n) is 14.8. The summed E-state index contributed by atoms with van der Waals surface area (Å²) in [6.45, 7) is 6.48. The fourth-order valence-electron chi connectivity index (χ4n) is 9.65. The lowest BCUT2D eigenvalue weighted by Gasteiger charge is -2.18. The first kappa shape index (κ1) is 77.1. The summed E-state index contributed by atoms with van der Waals surface area (Å²) >= 11 is 0. The summed E-state index contributed by atoms with van der Waals surface area (Å²) in [7, 11) is 0. The molecule has 0 aliphatic carbocycles. The van der Waals surface area contributed by atoms with Gasteiger partial charge in [0, 0.05) is 19.3 Å². The lowest BCUT2D eigenvalue weighted by atomic mass is 10.0. The zero-order valence-electron chi connectivity index (χ0n) is 53.3. The first-order chi connectivity index (χ1) is 40.0. The number of carbonyl (C=O) groups is 3. The predicted molar refractivity (Wildman–Crippen MR) is 353 cm³/mol. The van der Waals surface area contributed by atoms with Gasteiger partial charge in [-0.05, 0) is 96.3 Å². The van der Waals surface area contributed by atoms with Crippen molar-refractivity contribution >= 4 is 17.9 Å². The number of carbonyl (C=O) groups excluding carboxylic acids is 3. The third kappa shape index (κ3) is 66.8. The van der Waals surface area contributed by atoms with Gasteiger partial charge < -0.3 is 14.2 Å². The van der Waals surface area contributed by atoms with E-state index in [1.165, 1.54) is 193 Å². The smallest absolute Gasteiger partial charge is 0.306 e. The molecule has 6 heteroatoms. The highest BCUT2D eigenvalue weighted by atomic mass is 16.6. The standard InChI is InChI=1S/C75H128O6/c1-4-7-10-13-16-19-22-25-27-29-31-32-33-34-35-36-37-38-39-40-41-42-44-45-47-50-53-56-59-62-65-68-74(77)80-71-72(70-79-73(76)67-64-61-58-55-52-49-24-21-18-15-12-9-6-3)81-75(78)69-66-63-60-57-54-51-48-46-43-30-28-26-23-20-17-14-11-8-5-2/h8,11,17,20,22,25-26,28-29,31,33-34,43,46,51,54,60,63,72H,4-7,9-10,12-16,18-19,21,23-24,27,30,32,35-42,44-45,47-50,52-53,55-59,61-62,64-71H2,1-3H3/b11-8-,20-17-,25-22-,28-26-,31-29-,34-33-,46-43-,54-51-,63-60-. The van der Waals surface area contributed by atoms with Crippen molar-refractivity contribution in [3.05, 3.63) is 109 Å². The molecule has 0 rings (SSSR count). The van der Waals surface area contributed by atoms with Crippen LogP contribution in [-0.2, 0) is 28.6 Å². The maximum absolute atomic E-state index is 12.9. The molecule has 0 aromatic rings. The van der Waals surface area contributed by atoms with E-state index in [1.54, 1.807) is 0 Å². The van der Waals surface area contributed by atoms with Crippen molar-refractivity contribution in [3.63, 3.8) is 0 Å². The summed E-state index contributed by atoms with van der Waals surface area (Å²) in [6.07, 6.45) is 94.2. The Morgan fingerprint density at radius 1 is 0.259 bits per heavy atom. The molecule has 6 nitrogen and oxygen atoms in total. The predicted octanol–water partition coefficient (Wildman–Crippen LogP) is 23.8. The molecular formula is C75H128O6. The summed E-state index contributed by atoms with van der Waals surface area (Å²) < 4.78 is 16.9. The minimum absolute atomic E-state index is 0.105. The molecule has 1 unspecified atom stereocenters. The lowest BCUT2D eigenvalue weighted by molar-refractivity contribution is -0.166. The monoisotopic (exact) mass is 1120 g/mol. The highest BCUT2D eigenvalue weighted by molar-refractivity contribution is 5.71. The van der Waals surface area contributed by atoms with E-state index in [-0.39, 0.29) is 37.5 Å². The molecule has 0 aliphatic heterocycles. The third-order valence-corrected chi connectivity index (χ3v) is 14.8. The van der Waals surface area contributed by atoms with Crippen molar-refractivity contribution in [3.8, 4) is 0 Å². The second-order valence-corrected chi connectivity index (χ2v) is 22.7. The average molecular weight is 1130 g/mol. The molecular weight excluding hydrogens is 997 g/mol. The van der Waals surface area contributed by atoms with Crippen molar-refractivity contribution < 1.29 is 28.6 Å². The van der Waals surface area contributed by atoms with Crippen LogP contribution in [0.15, 0.2) is 109 Å². The van der Waals surface area contributed by atoms with E-state index in [9.17, 15) is 14.4 Å². The SMILES string of the molecule is CC/C=C\C/C=C\C/C=C\C/C=C\C/C=C\C/C=C\CCC(=O)OC(COC(=O)CCCCCCCCCCCCCCC)COC(=O)CCCCCCCCCCCCCCCCCC/C=C\C/C=C\C/C=C\CCCCCCC. The van der Waals surface area contributed by atoms with Crippen LogP contribution >= 0.6 is 0 Å². The van der Waals surface area contributed by atoms with E-state index in [4.69, 9.17) is 14.2 Å². The van der Waals surface area contributed by atoms with Crippen LogP contribution in [0, 0.1) is 0 Å². The van der Waals surface area contributed by atoms with Gasteiger partial charge in [-0.2, -0.15) is 0 Å². The van der Waals surface area contributed by atoms with Gasteiger partial charge in [0.2, 0.25) is 0 Å². The minimum atomic E-state index is -0.819. The van der Waals surface area contributed by atoms with Crippen LogP contribution in [0.4, 0.5) is 0 Å². The number of esters is 3. The highest BCUT2D eigenvalue weighted by Gasteiger charge is 2.19. The van der Waals surface area contributed by atoms with Crippen LogP contribution in [0.25, 0.3) is 0 Å². The van der Waals surface area contributed by atoms with Crippen LogP contribution in [-0.4, -0.2) is 37.2 Å². The topological polar surface area (TPSA) is 78.9 Å². The Balaban J connectivity index is 4.29. The zero-order valence-corrected chi connectivity index (χ0v) is 53.3. The normalized spacial score (nSPS) is 12.8. The van der Waals surface area contributed by atoms with E-state index >= 15 is 0 Å². The van der Waals surface area contributed by atoms with Gasteiger partial charge in [-0.3, -0.25) is 14.4 Å². The summed E-state index contributed by atoms with van der Waals surface area (Å²) in [6, 6.07) is 0. The number of hydrogen-bond donors (Lipinski definition) is 0. The van der Waals surface area contributed by atoms with E-state index in [0.29, 0.717) is 19.3 Å². The second kappa shape index (κ2) is 68.6. The molecule has 0 saturated carbocycles. The zero-order chi connectivity index (χ0) is 58.5. The molecule has 0 radical (unpaired) electrons. The molecule has 0 heterocycles. The van der Waals surface area contributed by atoms with Gasteiger partial charge in [-0.25, -0.2) is 0 Å². The van der Waals surface area contributed by atoms with Crippen molar-refractivity contribution in [2.75, 3.05) is 13.2 Å². The van der Waals surface area contributed by atoms with E-state index in [0.717, 1.165) is 89.9 Å². The molecule has 0 aromatic heterocycles. The molecule has 81 heavy (non-hydrogen) atoms. The van der Waals surface area contributed by atoms with Crippen LogP contribution in [0.3, 0.4) is 0 Å². The Morgan fingerprint density at radius 3 is 0.802 bits per heavy atom. The molecule has 0 spiro atoms. The van der Waals surface area contributed by atoms with Crippen molar-refractivity contribution in [2.24, 2.45) is 0 Å². The Hall–Kier alpha value is -3.93. The van der Waals surface area contributed by atoms with Gasteiger partial charge in [-0.1, -0.05) is 323 Å². The van der Waals surface area contributed by atoms with Crippen molar-refractivity contribution in [1.82, 2.24) is 0 Å². The van der Waals surface area contributed by atoms with Crippen LogP contribution in [0.2, 0.25) is 0 Å². The van der Waals surface area contributed by atoms with Crippen molar-refractivity contribution in [2.45, 2.75) is 335 Å². The first-order valence-electron chi connectivity index (χ1n) is 34.4. The second-order valence-electron chi connectivity index (χ2n) is 22.7. The van der Waals surface area contributed by atoms with Gasteiger partial charge in [0.25, 0.3) is 0 Å².